The molecular formula is C16H24N2O2. The van der Waals surface area contributed by atoms with E-state index in [0.29, 0.717) is 12.1 Å². The topological polar surface area (TPSA) is 47.7 Å². The molecule has 0 aromatic heterocycles. The molecule has 110 valence electrons. The minimum atomic E-state index is 0.0687. The Morgan fingerprint density at radius 2 is 2.25 bits per heavy atom. The summed E-state index contributed by atoms with van der Waals surface area (Å²) >= 11 is 0. The molecule has 4 nitrogen and oxygen atoms in total. The van der Waals surface area contributed by atoms with Gasteiger partial charge in [0.2, 0.25) is 0 Å². The van der Waals surface area contributed by atoms with Gasteiger partial charge in [-0.25, -0.2) is 0 Å². The highest BCUT2D eigenvalue weighted by molar-refractivity contribution is 5.40. The molecule has 0 saturated carbocycles. The normalized spacial score (nSPS) is 30.9. The van der Waals surface area contributed by atoms with Crippen LogP contribution in [0.3, 0.4) is 0 Å². The van der Waals surface area contributed by atoms with Crippen molar-refractivity contribution in [2.45, 2.75) is 38.0 Å². The third-order valence-corrected chi connectivity index (χ3v) is 4.58. The van der Waals surface area contributed by atoms with Crippen LogP contribution in [0.1, 0.15) is 30.5 Å². The van der Waals surface area contributed by atoms with E-state index in [9.17, 15) is 0 Å². The molecule has 0 amide bonds. The van der Waals surface area contributed by atoms with Gasteiger partial charge < -0.3 is 15.2 Å². The van der Waals surface area contributed by atoms with E-state index in [1.54, 1.807) is 7.11 Å². The van der Waals surface area contributed by atoms with E-state index in [-0.39, 0.29) is 6.04 Å². The van der Waals surface area contributed by atoms with E-state index in [1.165, 1.54) is 11.1 Å². The van der Waals surface area contributed by atoms with Crippen molar-refractivity contribution in [2.24, 2.45) is 5.73 Å². The fourth-order valence-corrected chi connectivity index (χ4v) is 3.48. The maximum atomic E-state index is 6.55. The number of hydrogen-bond donors (Lipinski definition) is 1. The van der Waals surface area contributed by atoms with Crippen molar-refractivity contribution in [2.75, 3.05) is 26.8 Å². The van der Waals surface area contributed by atoms with E-state index < -0.39 is 0 Å². The van der Waals surface area contributed by atoms with Crippen LogP contribution < -0.4 is 10.5 Å². The highest BCUT2D eigenvalue weighted by Gasteiger charge is 2.33. The largest absolute Gasteiger partial charge is 0.497 e. The molecule has 0 spiro atoms. The molecule has 1 aliphatic carbocycles. The van der Waals surface area contributed by atoms with Crippen molar-refractivity contribution in [3.63, 3.8) is 0 Å². The summed E-state index contributed by atoms with van der Waals surface area (Å²) in [6.07, 6.45) is 2.54. The second-order valence-corrected chi connectivity index (χ2v) is 5.87. The van der Waals surface area contributed by atoms with Crippen LogP contribution in [0.2, 0.25) is 0 Å². The van der Waals surface area contributed by atoms with Crippen LogP contribution >= 0.6 is 0 Å². The quantitative estimate of drug-likeness (QED) is 0.893. The Kier molecular flexibility index (Phi) is 3.96. The lowest BCUT2D eigenvalue weighted by molar-refractivity contribution is -0.0402. The van der Waals surface area contributed by atoms with Crippen LogP contribution in [0.25, 0.3) is 0 Å². The number of hydrogen-bond acceptors (Lipinski definition) is 4. The van der Waals surface area contributed by atoms with E-state index >= 15 is 0 Å². The van der Waals surface area contributed by atoms with Gasteiger partial charge in [0, 0.05) is 25.2 Å². The Hall–Kier alpha value is -1.10. The summed E-state index contributed by atoms with van der Waals surface area (Å²) in [5.41, 5.74) is 9.17. The van der Waals surface area contributed by atoms with E-state index in [0.717, 1.165) is 38.3 Å². The lowest BCUT2D eigenvalue weighted by Crippen LogP contribution is -2.52. The molecule has 1 saturated heterocycles. The number of methoxy groups -OCH3 is 1. The van der Waals surface area contributed by atoms with Crippen molar-refractivity contribution in [1.29, 1.82) is 0 Å². The van der Waals surface area contributed by atoms with E-state index in [1.807, 2.05) is 6.07 Å². The number of morpholine rings is 1. The molecule has 0 radical (unpaired) electrons. The van der Waals surface area contributed by atoms with Crippen LogP contribution in [0.5, 0.6) is 5.75 Å². The molecule has 4 heteroatoms. The summed E-state index contributed by atoms with van der Waals surface area (Å²) in [4.78, 5) is 2.50. The van der Waals surface area contributed by atoms with Crippen LogP contribution in [-0.2, 0) is 11.2 Å². The highest BCUT2D eigenvalue weighted by Crippen LogP contribution is 2.34. The third kappa shape index (κ3) is 2.55. The van der Waals surface area contributed by atoms with Gasteiger partial charge in [-0.2, -0.15) is 0 Å². The summed E-state index contributed by atoms with van der Waals surface area (Å²) in [6, 6.07) is 6.78. The molecular weight excluding hydrogens is 252 g/mol. The average molecular weight is 276 g/mol. The third-order valence-electron chi connectivity index (χ3n) is 4.58. The number of aryl methyl sites for hydroxylation is 1. The Morgan fingerprint density at radius 1 is 1.40 bits per heavy atom. The van der Waals surface area contributed by atoms with Crippen molar-refractivity contribution in [3.05, 3.63) is 29.3 Å². The van der Waals surface area contributed by atoms with Gasteiger partial charge in [-0.05, 0) is 43.0 Å². The molecule has 2 N–H and O–H groups in total. The predicted molar refractivity (Wildman–Crippen MR) is 79.0 cm³/mol. The minimum Gasteiger partial charge on any atom is -0.497 e. The summed E-state index contributed by atoms with van der Waals surface area (Å²) < 4.78 is 11.0. The van der Waals surface area contributed by atoms with Crippen LogP contribution in [-0.4, -0.2) is 43.9 Å². The number of nitrogens with zero attached hydrogens (tertiary/aromatic N) is 1. The van der Waals surface area contributed by atoms with Gasteiger partial charge in [0.25, 0.3) is 0 Å². The molecule has 3 rings (SSSR count). The van der Waals surface area contributed by atoms with Gasteiger partial charge in [-0.3, -0.25) is 4.90 Å². The number of fused-ring (bicyclic) bond motifs is 1. The zero-order valence-corrected chi connectivity index (χ0v) is 12.3. The lowest BCUT2D eigenvalue weighted by Gasteiger charge is -2.42. The molecule has 1 aromatic carbocycles. The van der Waals surface area contributed by atoms with Gasteiger partial charge >= 0.3 is 0 Å². The standard InChI is InChI=1S/C16H24N2O2/c1-11-10-18(7-8-20-11)15-6-4-12-3-5-13(19-2)9-14(12)16(15)17/h3,5,9,11,15-16H,4,6-8,10,17H2,1-2H3. The molecule has 3 atom stereocenters. The summed E-state index contributed by atoms with van der Waals surface area (Å²) in [5.74, 6) is 0.898. The molecule has 3 unspecified atom stereocenters. The zero-order valence-electron chi connectivity index (χ0n) is 12.3. The first-order valence-electron chi connectivity index (χ1n) is 7.47. The molecule has 1 fully saturated rings. The van der Waals surface area contributed by atoms with Gasteiger partial charge in [-0.15, -0.1) is 0 Å². The van der Waals surface area contributed by atoms with Gasteiger partial charge in [0.05, 0.1) is 19.8 Å². The summed E-state index contributed by atoms with van der Waals surface area (Å²) in [5, 5.41) is 0. The molecule has 1 heterocycles. The molecule has 0 bridgehead atoms. The average Bonchev–Trinajstić information content (AvgIpc) is 2.47. The SMILES string of the molecule is COc1ccc2c(c1)C(N)C(N1CCOC(C)C1)CC2. The zero-order chi connectivity index (χ0) is 14.1. The molecule has 2 aliphatic rings. The maximum Gasteiger partial charge on any atom is 0.119 e. The second-order valence-electron chi connectivity index (χ2n) is 5.87. The smallest absolute Gasteiger partial charge is 0.119 e. The van der Waals surface area contributed by atoms with Crippen molar-refractivity contribution >= 4 is 0 Å². The number of rotatable bonds is 2. The second kappa shape index (κ2) is 5.72. The first kappa shape index (κ1) is 13.9. The fraction of sp³-hybridized carbons (Fsp3) is 0.625. The van der Waals surface area contributed by atoms with Crippen molar-refractivity contribution < 1.29 is 9.47 Å². The van der Waals surface area contributed by atoms with Crippen molar-refractivity contribution in [1.82, 2.24) is 4.90 Å². The summed E-state index contributed by atoms with van der Waals surface area (Å²) in [7, 11) is 1.71. The first-order chi connectivity index (χ1) is 9.69. The summed E-state index contributed by atoms with van der Waals surface area (Å²) in [6.45, 7) is 4.92. The fourth-order valence-electron chi connectivity index (χ4n) is 3.48. The van der Waals surface area contributed by atoms with Gasteiger partial charge in [0.15, 0.2) is 0 Å². The monoisotopic (exact) mass is 276 g/mol. The first-order valence-corrected chi connectivity index (χ1v) is 7.47. The molecule has 1 aliphatic heterocycles. The lowest BCUT2D eigenvalue weighted by atomic mass is 9.83. The van der Waals surface area contributed by atoms with Gasteiger partial charge in [0.1, 0.15) is 5.75 Å². The molecule has 1 aromatic rings. The van der Waals surface area contributed by atoms with Crippen LogP contribution in [0.15, 0.2) is 18.2 Å². The number of benzene rings is 1. The number of nitrogens with two attached hydrogens (primary N) is 1. The van der Waals surface area contributed by atoms with Crippen molar-refractivity contribution in [3.8, 4) is 5.75 Å². The maximum absolute atomic E-state index is 6.55. The Labute approximate surface area is 120 Å². The molecule has 20 heavy (non-hydrogen) atoms. The van der Waals surface area contributed by atoms with Crippen LogP contribution in [0.4, 0.5) is 0 Å². The van der Waals surface area contributed by atoms with E-state index in [4.69, 9.17) is 15.2 Å². The Bertz CT molecular complexity index is 478. The van der Waals surface area contributed by atoms with Gasteiger partial charge in [-0.1, -0.05) is 6.07 Å². The van der Waals surface area contributed by atoms with E-state index in [2.05, 4.69) is 24.0 Å². The van der Waals surface area contributed by atoms with Crippen LogP contribution in [0, 0.1) is 0 Å². The Balaban J connectivity index is 1.82. The Morgan fingerprint density at radius 3 is 3.00 bits per heavy atom. The number of ether oxygens (including phenoxy) is 2. The predicted octanol–water partition coefficient (Wildman–Crippen LogP) is 1.73. The minimum absolute atomic E-state index is 0.0687. The highest BCUT2D eigenvalue weighted by atomic mass is 16.5.